The molecule has 1 fully saturated rings. The van der Waals surface area contributed by atoms with Crippen molar-refractivity contribution in [3.8, 4) is 0 Å². The molecule has 0 radical (unpaired) electrons. The van der Waals surface area contributed by atoms with Crippen LogP contribution in [0, 0.1) is 5.92 Å². The van der Waals surface area contributed by atoms with Gasteiger partial charge in [-0.3, -0.25) is 4.79 Å². The summed E-state index contributed by atoms with van der Waals surface area (Å²) < 4.78 is 32.0. The van der Waals surface area contributed by atoms with Gasteiger partial charge < -0.3 is 4.42 Å². The lowest BCUT2D eigenvalue weighted by atomic mass is 9.98. The Balaban J connectivity index is 2.13. The number of hydrogen-bond donors (Lipinski definition) is 1. The van der Waals surface area contributed by atoms with E-state index in [0.29, 0.717) is 12.2 Å². The van der Waals surface area contributed by atoms with Crippen molar-refractivity contribution in [3.05, 3.63) is 17.9 Å². The van der Waals surface area contributed by atoms with Crippen LogP contribution in [0.2, 0.25) is 0 Å². The molecule has 106 valence electrons. The topological polar surface area (TPSA) is 76.4 Å². The fraction of sp³-hybridized carbons (Fsp3) is 0.615. The molecule has 0 amide bonds. The fourth-order valence-electron chi connectivity index (χ4n) is 2.47. The van der Waals surface area contributed by atoms with E-state index in [-0.39, 0.29) is 16.9 Å². The molecule has 0 spiro atoms. The summed E-state index contributed by atoms with van der Waals surface area (Å²) in [6.45, 7) is 2.07. The fourth-order valence-corrected chi connectivity index (χ4v) is 3.79. The van der Waals surface area contributed by atoms with E-state index in [1.54, 1.807) is 0 Å². The minimum Gasteiger partial charge on any atom is -0.440 e. The average Bonchev–Trinajstić information content (AvgIpc) is 2.78. The summed E-state index contributed by atoms with van der Waals surface area (Å²) in [6.07, 6.45) is 5.71. The number of rotatable bonds is 4. The second kappa shape index (κ2) is 5.88. The van der Waals surface area contributed by atoms with Gasteiger partial charge in [0.15, 0.2) is 12.0 Å². The monoisotopic (exact) mass is 285 g/mol. The molecule has 0 saturated heterocycles. The molecule has 0 bridgehead atoms. The normalized spacial score (nSPS) is 24.9. The molecule has 1 aliphatic carbocycles. The predicted molar refractivity (Wildman–Crippen MR) is 70.5 cm³/mol. The Kier molecular flexibility index (Phi) is 4.42. The molecule has 1 aromatic rings. The van der Waals surface area contributed by atoms with E-state index in [9.17, 15) is 13.2 Å². The first-order chi connectivity index (χ1) is 9.03. The Morgan fingerprint density at radius 2 is 2.00 bits per heavy atom. The summed E-state index contributed by atoms with van der Waals surface area (Å²) in [5.41, 5.74) is 0. The average molecular weight is 285 g/mol. The largest absolute Gasteiger partial charge is 0.440 e. The van der Waals surface area contributed by atoms with Gasteiger partial charge in [0.25, 0.3) is 10.0 Å². The van der Waals surface area contributed by atoms with E-state index in [2.05, 4.69) is 11.6 Å². The van der Waals surface area contributed by atoms with Crippen molar-refractivity contribution in [2.75, 3.05) is 0 Å². The van der Waals surface area contributed by atoms with Crippen molar-refractivity contribution < 1.29 is 17.6 Å². The maximum Gasteiger partial charge on any atom is 0.274 e. The molecule has 1 saturated carbocycles. The van der Waals surface area contributed by atoms with Crippen LogP contribution in [0.15, 0.2) is 21.6 Å². The van der Waals surface area contributed by atoms with Gasteiger partial charge in [-0.25, -0.2) is 13.1 Å². The number of furan rings is 1. The van der Waals surface area contributed by atoms with Gasteiger partial charge in [-0.05, 0) is 30.9 Å². The number of aldehydes is 1. The lowest BCUT2D eigenvalue weighted by molar-refractivity contribution is 0.109. The summed E-state index contributed by atoms with van der Waals surface area (Å²) in [7, 11) is -3.67. The van der Waals surface area contributed by atoms with Crippen molar-refractivity contribution in [1.82, 2.24) is 4.72 Å². The minimum atomic E-state index is -3.67. The van der Waals surface area contributed by atoms with Crippen LogP contribution in [0.5, 0.6) is 0 Å². The van der Waals surface area contributed by atoms with Crippen LogP contribution in [0.4, 0.5) is 0 Å². The van der Waals surface area contributed by atoms with Crippen molar-refractivity contribution in [1.29, 1.82) is 0 Å². The Morgan fingerprint density at radius 3 is 2.68 bits per heavy atom. The Bertz CT molecular complexity index is 535. The predicted octanol–water partition coefficient (Wildman–Crippen LogP) is 2.34. The van der Waals surface area contributed by atoms with E-state index in [1.165, 1.54) is 12.1 Å². The van der Waals surface area contributed by atoms with Crippen molar-refractivity contribution in [2.24, 2.45) is 5.92 Å². The van der Waals surface area contributed by atoms with Crippen LogP contribution in [0.3, 0.4) is 0 Å². The summed E-state index contributed by atoms with van der Waals surface area (Å²) >= 11 is 0. The number of carbonyl (C=O) groups is 1. The SMILES string of the molecule is CC1CCCCCC1NS(=O)(=O)c1ccc(C=O)o1. The van der Waals surface area contributed by atoms with E-state index in [0.717, 1.165) is 32.1 Å². The summed E-state index contributed by atoms with van der Waals surface area (Å²) in [5.74, 6) is 0.340. The molecule has 2 unspecified atom stereocenters. The molecule has 2 atom stereocenters. The quantitative estimate of drug-likeness (QED) is 0.680. The number of carbonyl (C=O) groups excluding carboxylic acids is 1. The van der Waals surface area contributed by atoms with Gasteiger partial charge in [0.1, 0.15) is 0 Å². The van der Waals surface area contributed by atoms with E-state index in [4.69, 9.17) is 4.42 Å². The van der Waals surface area contributed by atoms with Gasteiger partial charge in [-0.1, -0.05) is 26.2 Å². The van der Waals surface area contributed by atoms with Gasteiger partial charge in [-0.15, -0.1) is 0 Å². The van der Waals surface area contributed by atoms with Crippen LogP contribution in [-0.4, -0.2) is 20.7 Å². The smallest absolute Gasteiger partial charge is 0.274 e. The zero-order chi connectivity index (χ0) is 13.9. The van der Waals surface area contributed by atoms with Crippen LogP contribution in [-0.2, 0) is 10.0 Å². The van der Waals surface area contributed by atoms with E-state index < -0.39 is 10.0 Å². The molecule has 1 heterocycles. The first kappa shape index (κ1) is 14.3. The molecule has 1 N–H and O–H groups in total. The maximum absolute atomic E-state index is 12.2. The number of sulfonamides is 1. The van der Waals surface area contributed by atoms with Crippen LogP contribution in [0.1, 0.15) is 49.6 Å². The highest BCUT2D eigenvalue weighted by Gasteiger charge is 2.27. The highest BCUT2D eigenvalue weighted by molar-refractivity contribution is 7.89. The first-order valence-corrected chi connectivity index (χ1v) is 8.08. The van der Waals surface area contributed by atoms with Crippen LogP contribution >= 0.6 is 0 Å². The molecule has 6 heteroatoms. The highest BCUT2D eigenvalue weighted by atomic mass is 32.2. The molecular formula is C13H19NO4S. The third-order valence-corrected chi connectivity index (χ3v) is 5.01. The lowest BCUT2D eigenvalue weighted by Crippen LogP contribution is -2.38. The van der Waals surface area contributed by atoms with Crippen molar-refractivity contribution >= 4 is 16.3 Å². The third kappa shape index (κ3) is 3.45. The molecule has 1 aliphatic rings. The van der Waals surface area contributed by atoms with Crippen LogP contribution in [0.25, 0.3) is 0 Å². The van der Waals surface area contributed by atoms with E-state index >= 15 is 0 Å². The number of hydrogen-bond acceptors (Lipinski definition) is 4. The molecule has 2 rings (SSSR count). The van der Waals surface area contributed by atoms with Gasteiger partial charge in [0.2, 0.25) is 5.09 Å². The van der Waals surface area contributed by atoms with Crippen molar-refractivity contribution in [2.45, 2.75) is 50.2 Å². The Morgan fingerprint density at radius 1 is 1.26 bits per heavy atom. The standard InChI is InChI=1S/C13H19NO4S/c1-10-5-3-2-4-6-12(10)14-19(16,17)13-8-7-11(9-15)18-13/h7-10,12,14H,2-6H2,1H3. The zero-order valence-corrected chi connectivity index (χ0v) is 11.8. The van der Waals surface area contributed by atoms with Crippen molar-refractivity contribution in [3.63, 3.8) is 0 Å². The molecule has 0 aromatic carbocycles. The minimum absolute atomic E-state index is 0.0225. The van der Waals surface area contributed by atoms with Crippen LogP contribution < -0.4 is 4.72 Å². The number of nitrogens with one attached hydrogen (secondary N) is 1. The molecule has 5 nitrogen and oxygen atoms in total. The summed E-state index contributed by atoms with van der Waals surface area (Å²) in [4.78, 5) is 10.5. The first-order valence-electron chi connectivity index (χ1n) is 6.60. The summed E-state index contributed by atoms with van der Waals surface area (Å²) in [6, 6.07) is 2.61. The second-order valence-corrected chi connectivity index (χ2v) is 6.76. The lowest BCUT2D eigenvalue weighted by Gasteiger charge is -2.21. The van der Waals surface area contributed by atoms with Gasteiger partial charge in [0.05, 0.1) is 0 Å². The van der Waals surface area contributed by atoms with E-state index in [1.807, 2.05) is 0 Å². The zero-order valence-electron chi connectivity index (χ0n) is 11.0. The van der Waals surface area contributed by atoms with Gasteiger partial charge >= 0.3 is 0 Å². The van der Waals surface area contributed by atoms with Gasteiger partial charge in [0, 0.05) is 6.04 Å². The Labute approximate surface area is 113 Å². The molecule has 1 aromatic heterocycles. The maximum atomic E-state index is 12.2. The van der Waals surface area contributed by atoms with Gasteiger partial charge in [-0.2, -0.15) is 0 Å². The molecule has 0 aliphatic heterocycles. The third-order valence-electron chi connectivity index (χ3n) is 3.65. The highest BCUT2D eigenvalue weighted by Crippen LogP contribution is 2.24. The summed E-state index contributed by atoms with van der Waals surface area (Å²) in [5, 5.41) is -0.189. The molecule has 19 heavy (non-hydrogen) atoms. The Hall–Kier alpha value is -1.14. The molecular weight excluding hydrogens is 266 g/mol. The second-order valence-electron chi connectivity index (χ2n) is 5.12.